The van der Waals surface area contributed by atoms with Gasteiger partial charge in [0.1, 0.15) is 11.5 Å². The Bertz CT molecular complexity index is 809. The van der Waals surface area contributed by atoms with E-state index in [0.29, 0.717) is 6.10 Å². The quantitative estimate of drug-likeness (QED) is 0.741. The largest absolute Gasteiger partial charge is 0.490 e. The van der Waals surface area contributed by atoms with Crippen molar-refractivity contribution in [2.24, 2.45) is 0 Å². The van der Waals surface area contributed by atoms with E-state index in [-0.39, 0.29) is 5.91 Å². The third-order valence-electron chi connectivity index (χ3n) is 5.73. The maximum atomic E-state index is 12.5. The summed E-state index contributed by atoms with van der Waals surface area (Å²) < 4.78 is 11.9. The Morgan fingerprint density at radius 2 is 1.61 bits per heavy atom. The van der Waals surface area contributed by atoms with Crippen molar-refractivity contribution in [2.45, 2.75) is 70.5 Å². The van der Waals surface area contributed by atoms with E-state index in [4.69, 9.17) is 9.47 Å². The Balaban J connectivity index is 1.31. The minimum atomic E-state index is -0.559. The van der Waals surface area contributed by atoms with Crippen LogP contribution in [0.15, 0.2) is 42.5 Å². The fourth-order valence-electron chi connectivity index (χ4n) is 4.10. The molecule has 0 aromatic heterocycles. The monoisotopic (exact) mass is 379 g/mol. The first-order chi connectivity index (χ1) is 13.7. The average molecular weight is 380 g/mol. The molecule has 1 fully saturated rings. The average Bonchev–Trinajstić information content (AvgIpc) is 3.22. The van der Waals surface area contributed by atoms with Crippen LogP contribution >= 0.6 is 0 Å². The molecule has 0 heterocycles. The zero-order valence-corrected chi connectivity index (χ0v) is 16.6. The molecular formula is C24H29NO3. The van der Waals surface area contributed by atoms with Crippen LogP contribution in [0, 0.1) is 0 Å². The van der Waals surface area contributed by atoms with Gasteiger partial charge < -0.3 is 14.8 Å². The van der Waals surface area contributed by atoms with Crippen molar-refractivity contribution >= 4 is 11.6 Å². The fourth-order valence-corrected chi connectivity index (χ4v) is 4.10. The maximum Gasteiger partial charge on any atom is 0.265 e. The van der Waals surface area contributed by atoms with Gasteiger partial charge in [-0.25, -0.2) is 0 Å². The van der Waals surface area contributed by atoms with E-state index in [1.54, 1.807) is 6.92 Å². The van der Waals surface area contributed by atoms with Crippen LogP contribution in [0.25, 0.3) is 0 Å². The van der Waals surface area contributed by atoms with Crippen molar-refractivity contribution in [1.29, 1.82) is 0 Å². The number of hydrogen-bond donors (Lipinski definition) is 1. The van der Waals surface area contributed by atoms with Crippen molar-refractivity contribution in [3.8, 4) is 11.5 Å². The van der Waals surface area contributed by atoms with Gasteiger partial charge in [0, 0.05) is 5.69 Å². The molecule has 0 saturated heterocycles. The Labute approximate surface area is 167 Å². The van der Waals surface area contributed by atoms with E-state index in [0.717, 1.165) is 42.9 Å². The van der Waals surface area contributed by atoms with E-state index < -0.39 is 6.10 Å². The highest BCUT2D eigenvalue weighted by atomic mass is 16.5. The van der Waals surface area contributed by atoms with Crippen LogP contribution in [-0.2, 0) is 17.6 Å². The number of nitrogens with one attached hydrogen (secondary N) is 1. The summed E-state index contributed by atoms with van der Waals surface area (Å²) in [6.45, 7) is 1.78. The van der Waals surface area contributed by atoms with Crippen LogP contribution in [0.4, 0.5) is 5.69 Å². The lowest BCUT2D eigenvalue weighted by Crippen LogP contribution is -2.30. The van der Waals surface area contributed by atoms with Gasteiger partial charge >= 0.3 is 0 Å². The summed E-state index contributed by atoms with van der Waals surface area (Å²) in [6, 6.07) is 13.8. The van der Waals surface area contributed by atoms with Crippen molar-refractivity contribution in [3.63, 3.8) is 0 Å². The normalized spacial score (nSPS) is 17.6. The van der Waals surface area contributed by atoms with Gasteiger partial charge in [0.15, 0.2) is 6.10 Å². The van der Waals surface area contributed by atoms with Gasteiger partial charge in [-0.15, -0.1) is 0 Å². The third kappa shape index (κ3) is 4.67. The second kappa shape index (κ2) is 8.68. The molecule has 0 bridgehead atoms. The summed E-state index contributed by atoms with van der Waals surface area (Å²) in [4.78, 5) is 12.5. The molecule has 4 heteroatoms. The Hall–Kier alpha value is -2.49. The lowest BCUT2D eigenvalue weighted by Gasteiger charge is -2.19. The molecule has 1 amide bonds. The Kier molecular flexibility index (Phi) is 5.84. The Morgan fingerprint density at radius 1 is 0.929 bits per heavy atom. The van der Waals surface area contributed by atoms with E-state index in [1.807, 2.05) is 30.3 Å². The predicted molar refractivity (Wildman–Crippen MR) is 111 cm³/mol. The number of hydrogen-bond acceptors (Lipinski definition) is 3. The first kappa shape index (κ1) is 18.9. The number of amides is 1. The minimum Gasteiger partial charge on any atom is -0.490 e. The SMILES string of the molecule is CC(Oc1ccc2c(c1)CCCC2)C(=O)Nc1ccc(OC2CCCC2)cc1. The van der Waals surface area contributed by atoms with Gasteiger partial charge in [0.25, 0.3) is 5.91 Å². The second-order valence-corrected chi connectivity index (χ2v) is 7.94. The number of fused-ring (bicyclic) bond motifs is 1. The van der Waals surface area contributed by atoms with Crippen LogP contribution in [0.2, 0.25) is 0 Å². The van der Waals surface area contributed by atoms with Gasteiger partial charge in [-0.2, -0.15) is 0 Å². The first-order valence-corrected chi connectivity index (χ1v) is 10.5. The maximum absolute atomic E-state index is 12.5. The van der Waals surface area contributed by atoms with Crippen molar-refractivity contribution < 1.29 is 14.3 Å². The molecule has 1 unspecified atom stereocenters. The summed E-state index contributed by atoms with van der Waals surface area (Å²) in [5, 5.41) is 2.93. The fraction of sp³-hybridized carbons (Fsp3) is 0.458. The summed E-state index contributed by atoms with van der Waals surface area (Å²) in [5.41, 5.74) is 3.52. The third-order valence-corrected chi connectivity index (χ3v) is 5.73. The molecule has 4 nitrogen and oxygen atoms in total. The van der Waals surface area contributed by atoms with Crippen molar-refractivity contribution in [2.75, 3.05) is 5.32 Å². The van der Waals surface area contributed by atoms with Gasteiger partial charge in [0.2, 0.25) is 0 Å². The van der Waals surface area contributed by atoms with Crippen LogP contribution < -0.4 is 14.8 Å². The second-order valence-electron chi connectivity index (χ2n) is 7.94. The molecule has 4 rings (SSSR count). The molecule has 0 aliphatic heterocycles. The number of anilines is 1. The number of aryl methyl sites for hydroxylation is 2. The lowest BCUT2D eigenvalue weighted by molar-refractivity contribution is -0.122. The smallest absolute Gasteiger partial charge is 0.265 e. The molecule has 0 spiro atoms. The molecule has 2 aliphatic carbocycles. The van der Waals surface area contributed by atoms with Gasteiger partial charge in [0.05, 0.1) is 6.10 Å². The van der Waals surface area contributed by atoms with Crippen molar-refractivity contribution in [3.05, 3.63) is 53.6 Å². The van der Waals surface area contributed by atoms with Crippen LogP contribution in [-0.4, -0.2) is 18.1 Å². The number of rotatable bonds is 6. The van der Waals surface area contributed by atoms with Crippen LogP contribution in [0.5, 0.6) is 11.5 Å². The van der Waals surface area contributed by atoms with Crippen LogP contribution in [0.3, 0.4) is 0 Å². The van der Waals surface area contributed by atoms with Crippen molar-refractivity contribution in [1.82, 2.24) is 0 Å². The van der Waals surface area contributed by atoms with E-state index >= 15 is 0 Å². The van der Waals surface area contributed by atoms with Gasteiger partial charge in [-0.3, -0.25) is 4.79 Å². The molecule has 1 N–H and O–H groups in total. The number of ether oxygens (including phenoxy) is 2. The standard InChI is InChI=1S/C24H29NO3/c1-17(27-23-13-10-18-6-2-3-7-19(18)16-23)24(26)25-20-11-14-22(15-12-20)28-21-8-4-5-9-21/h10-17,21H,2-9H2,1H3,(H,25,26). The highest BCUT2D eigenvalue weighted by Gasteiger charge is 2.18. The molecule has 2 aliphatic rings. The summed E-state index contributed by atoms with van der Waals surface area (Å²) >= 11 is 0. The summed E-state index contributed by atoms with van der Waals surface area (Å²) in [7, 11) is 0. The minimum absolute atomic E-state index is 0.151. The molecule has 2 aromatic carbocycles. The summed E-state index contributed by atoms with van der Waals surface area (Å²) in [5.74, 6) is 1.48. The molecule has 0 radical (unpaired) electrons. The first-order valence-electron chi connectivity index (χ1n) is 10.5. The zero-order chi connectivity index (χ0) is 19.3. The molecule has 1 saturated carbocycles. The summed E-state index contributed by atoms with van der Waals surface area (Å²) in [6.07, 6.45) is 9.29. The zero-order valence-electron chi connectivity index (χ0n) is 16.6. The molecule has 1 atom stereocenters. The molecule has 148 valence electrons. The van der Waals surface area contributed by atoms with Crippen LogP contribution in [0.1, 0.15) is 56.6 Å². The van der Waals surface area contributed by atoms with E-state index in [2.05, 4.69) is 17.4 Å². The predicted octanol–water partition coefficient (Wildman–Crippen LogP) is 5.29. The molecule has 28 heavy (non-hydrogen) atoms. The molecule has 2 aromatic rings. The number of carbonyl (C=O) groups excluding carboxylic acids is 1. The number of benzene rings is 2. The van der Waals surface area contributed by atoms with E-state index in [9.17, 15) is 4.79 Å². The Morgan fingerprint density at radius 3 is 2.36 bits per heavy atom. The topological polar surface area (TPSA) is 47.6 Å². The molecular weight excluding hydrogens is 350 g/mol. The highest BCUT2D eigenvalue weighted by Crippen LogP contribution is 2.27. The lowest BCUT2D eigenvalue weighted by atomic mass is 9.92. The number of carbonyl (C=O) groups is 1. The van der Waals surface area contributed by atoms with Gasteiger partial charge in [-0.05, 0) is 106 Å². The van der Waals surface area contributed by atoms with Gasteiger partial charge in [-0.1, -0.05) is 6.07 Å². The highest BCUT2D eigenvalue weighted by molar-refractivity contribution is 5.94. The van der Waals surface area contributed by atoms with E-state index in [1.165, 1.54) is 36.8 Å².